The van der Waals surface area contributed by atoms with Crippen molar-refractivity contribution in [3.8, 4) is 0 Å². The molecule has 0 bridgehead atoms. The van der Waals surface area contributed by atoms with Crippen LogP contribution in [-0.4, -0.2) is 25.2 Å². The van der Waals surface area contributed by atoms with Crippen LogP contribution in [-0.2, 0) is 19.1 Å². The zero-order valence-electron chi connectivity index (χ0n) is 11.7. The molecule has 114 valence electrons. The van der Waals surface area contributed by atoms with Crippen LogP contribution in [0.25, 0.3) is 0 Å². The second kappa shape index (κ2) is 8.59. The maximum Gasteiger partial charge on any atom is 0.348 e. The summed E-state index contributed by atoms with van der Waals surface area (Å²) in [7, 11) is 0. The van der Waals surface area contributed by atoms with Gasteiger partial charge in [-0.3, -0.25) is 0 Å². The summed E-state index contributed by atoms with van der Waals surface area (Å²) in [6.45, 7) is 3.57. The van der Waals surface area contributed by atoms with Crippen molar-refractivity contribution in [3.05, 3.63) is 39.9 Å². The van der Waals surface area contributed by atoms with Crippen LogP contribution in [0, 0.1) is 0 Å². The zero-order valence-corrected chi connectivity index (χ0v) is 13.3. The number of carbonyl (C=O) groups excluding carboxylic acids is 2. The van der Waals surface area contributed by atoms with E-state index in [1.807, 2.05) is 0 Å². The molecule has 1 aromatic carbocycles. The monoisotopic (exact) mass is 329 g/mol. The summed E-state index contributed by atoms with van der Waals surface area (Å²) in [6, 6.07) is 6.71. The normalized spacial score (nSPS) is 9.71. The van der Waals surface area contributed by atoms with E-state index in [1.54, 1.807) is 38.1 Å². The summed E-state index contributed by atoms with van der Waals surface area (Å²) < 4.78 is 9.68. The number of hydrogen-bond acceptors (Lipinski definition) is 6. The maximum absolute atomic E-state index is 11.9. The Morgan fingerprint density at radius 3 is 2.00 bits per heavy atom. The fourth-order valence-corrected chi connectivity index (χ4v) is 1.85. The Bertz CT molecular complexity index is 522. The van der Waals surface area contributed by atoms with Crippen LogP contribution in [0.1, 0.15) is 13.8 Å². The highest BCUT2D eigenvalue weighted by atomic mass is 35.5. The number of benzene rings is 1. The number of anilines is 1. The smallest absolute Gasteiger partial charge is 0.348 e. The highest BCUT2D eigenvalue weighted by molar-refractivity contribution is 7.84. The Kier molecular flexibility index (Phi) is 7.11. The van der Waals surface area contributed by atoms with Gasteiger partial charge >= 0.3 is 11.9 Å². The van der Waals surface area contributed by atoms with E-state index in [0.29, 0.717) is 10.7 Å². The van der Waals surface area contributed by atoms with Crippen LogP contribution in [0.2, 0.25) is 5.02 Å². The Hall–Kier alpha value is -1.66. The number of ether oxygens (including phenoxy) is 2. The van der Waals surface area contributed by atoms with E-state index in [4.69, 9.17) is 21.1 Å². The minimum Gasteiger partial charge on any atom is -0.462 e. The molecule has 0 saturated heterocycles. The molecule has 0 heterocycles. The predicted molar refractivity (Wildman–Crippen MR) is 84.4 cm³/mol. The van der Waals surface area contributed by atoms with Gasteiger partial charge in [-0.15, -0.1) is 12.6 Å². The summed E-state index contributed by atoms with van der Waals surface area (Å²) in [5.74, 6) is -1.58. The van der Waals surface area contributed by atoms with Crippen LogP contribution in [0.15, 0.2) is 34.9 Å². The van der Waals surface area contributed by atoms with Gasteiger partial charge in [0, 0.05) is 10.7 Å². The SMILES string of the molecule is CCOC(=O)C(C(=O)OCC)=C(S)Nc1ccc(Cl)cc1. The van der Waals surface area contributed by atoms with Crippen molar-refractivity contribution in [3.63, 3.8) is 0 Å². The van der Waals surface area contributed by atoms with Gasteiger partial charge in [-0.1, -0.05) is 11.6 Å². The van der Waals surface area contributed by atoms with E-state index in [1.165, 1.54) is 0 Å². The lowest BCUT2D eigenvalue weighted by Crippen LogP contribution is -2.21. The van der Waals surface area contributed by atoms with Gasteiger partial charge in [0.05, 0.1) is 18.2 Å². The topological polar surface area (TPSA) is 64.6 Å². The number of nitrogens with one attached hydrogen (secondary N) is 1. The van der Waals surface area contributed by atoms with Crippen LogP contribution < -0.4 is 5.32 Å². The van der Waals surface area contributed by atoms with E-state index in [-0.39, 0.29) is 23.8 Å². The number of carbonyl (C=O) groups is 2. The molecule has 0 fully saturated rings. The van der Waals surface area contributed by atoms with Gasteiger partial charge in [0.1, 0.15) is 0 Å². The van der Waals surface area contributed by atoms with Gasteiger partial charge < -0.3 is 14.8 Å². The minimum absolute atomic E-state index is 0.0502. The first kappa shape index (κ1) is 17.4. The average Bonchev–Trinajstić information content (AvgIpc) is 2.42. The zero-order chi connectivity index (χ0) is 15.8. The standard InChI is InChI=1S/C14H16ClNO4S/c1-3-19-13(17)11(14(18)20-4-2)12(21)16-10-7-5-9(15)6-8-10/h5-8,16,21H,3-4H2,1-2H3. The molecule has 0 atom stereocenters. The van der Waals surface area contributed by atoms with Crippen molar-refractivity contribution in [2.24, 2.45) is 0 Å². The second-order valence-corrected chi connectivity index (χ2v) is 4.68. The van der Waals surface area contributed by atoms with Gasteiger partial charge in [0.15, 0.2) is 5.57 Å². The maximum atomic E-state index is 11.9. The molecule has 5 nitrogen and oxygen atoms in total. The molecule has 21 heavy (non-hydrogen) atoms. The lowest BCUT2D eigenvalue weighted by Gasteiger charge is -2.11. The summed E-state index contributed by atoms with van der Waals surface area (Å²) in [5, 5.41) is 3.45. The van der Waals surface area contributed by atoms with Crippen molar-refractivity contribution >= 4 is 41.9 Å². The van der Waals surface area contributed by atoms with E-state index >= 15 is 0 Å². The van der Waals surface area contributed by atoms with Gasteiger partial charge in [-0.2, -0.15) is 0 Å². The number of halogens is 1. The molecule has 0 unspecified atom stereocenters. The van der Waals surface area contributed by atoms with Gasteiger partial charge in [-0.25, -0.2) is 9.59 Å². The molecule has 0 saturated carbocycles. The van der Waals surface area contributed by atoms with Crippen molar-refractivity contribution in [2.45, 2.75) is 13.8 Å². The van der Waals surface area contributed by atoms with E-state index < -0.39 is 11.9 Å². The van der Waals surface area contributed by atoms with Gasteiger partial charge in [0.25, 0.3) is 0 Å². The number of esters is 2. The van der Waals surface area contributed by atoms with Crippen LogP contribution in [0.4, 0.5) is 5.69 Å². The first-order chi connectivity index (χ1) is 9.99. The Balaban J connectivity index is 3.04. The molecule has 1 rings (SSSR count). The van der Waals surface area contributed by atoms with E-state index in [0.717, 1.165) is 0 Å². The molecule has 1 N–H and O–H groups in total. The Morgan fingerprint density at radius 2 is 1.57 bits per heavy atom. The Morgan fingerprint density at radius 1 is 1.10 bits per heavy atom. The van der Waals surface area contributed by atoms with Gasteiger partial charge in [0.2, 0.25) is 0 Å². The average molecular weight is 330 g/mol. The number of hydrogen-bond donors (Lipinski definition) is 2. The largest absolute Gasteiger partial charge is 0.462 e. The summed E-state index contributed by atoms with van der Waals surface area (Å²) in [4.78, 5) is 23.7. The molecule has 0 aliphatic rings. The fraction of sp³-hybridized carbons (Fsp3) is 0.286. The summed E-state index contributed by atoms with van der Waals surface area (Å²) in [6.07, 6.45) is 0. The summed E-state index contributed by atoms with van der Waals surface area (Å²) in [5.41, 5.74) is 0.340. The molecule has 0 radical (unpaired) electrons. The lowest BCUT2D eigenvalue weighted by molar-refractivity contribution is -0.146. The molecule has 0 amide bonds. The van der Waals surface area contributed by atoms with E-state index in [2.05, 4.69) is 17.9 Å². The van der Waals surface area contributed by atoms with Crippen molar-refractivity contribution in [1.29, 1.82) is 0 Å². The van der Waals surface area contributed by atoms with Crippen LogP contribution >= 0.6 is 24.2 Å². The third-order valence-electron chi connectivity index (χ3n) is 2.30. The number of thiol groups is 1. The van der Waals surface area contributed by atoms with Crippen molar-refractivity contribution < 1.29 is 19.1 Å². The third-order valence-corrected chi connectivity index (χ3v) is 2.89. The molecule has 0 aromatic heterocycles. The number of rotatable bonds is 6. The molecule has 7 heteroatoms. The predicted octanol–water partition coefficient (Wildman–Crippen LogP) is 3.02. The van der Waals surface area contributed by atoms with Gasteiger partial charge in [-0.05, 0) is 38.1 Å². The third kappa shape index (κ3) is 5.32. The summed E-state index contributed by atoms with van der Waals surface area (Å²) >= 11 is 9.95. The Labute approximate surface area is 133 Å². The highest BCUT2D eigenvalue weighted by Crippen LogP contribution is 2.19. The lowest BCUT2D eigenvalue weighted by atomic mass is 10.2. The van der Waals surface area contributed by atoms with E-state index in [9.17, 15) is 9.59 Å². The first-order valence-electron chi connectivity index (χ1n) is 6.29. The van der Waals surface area contributed by atoms with Crippen molar-refractivity contribution in [2.75, 3.05) is 18.5 Å². The molecular formula is C14H16ClNO4S. The highest BCUT2D eigenvalue weighted by Gasteiger charge is 2.25. The molecule has 1 aromatic rings. The van der Waals surface area contributed by atoms with Crippen LogP contribution in [0.3, 0.4) is 0 Å². The van der Waals surface area contributed by atoms with Crippen LogP contribution in [0.5, 0.6) is 0 Å². The molecule has 0 spiro atoms. The molecular weight excluding hydrogens is 314 g/mol. The molecule has 0 aliphatic carbocycles. The van der Waals surface area contributed by atoms with Crippen molar-refractivity contribution in [1.82, 2.24) is 0 Å². The molecule has 0 aliphatic heterocycles. The minimum atomic E-state index is -0.789. The first-order valence-corrected chi connectivity index (χ1v) is 7.12. The second-order valence-electron chi connectivity index (χ2n) is 3.80. The fourth-order valence-electron chi connectivity index (χ4n) is 1.42. The quantitative estimate of drug-likeness (QED) is 0.276.